The van der Waals surface area contributed by atoms with Gasteiger partial charge in [-0.25, -0.2) is 0 Å². The molecule has 0 aliphatic heterocycles. The van der Waals surface area contributed by atoms with E-state index in [1.54, 1.807) is 0 Å². The molecule has 2 radical (unpaired) electrons. The Labute approximate surface area is 92.1 Å². The molecule has 11 heteroatoms. The summed E-state index contributed by atoms with van der Waals surface area (Å²) in [6, 6.07) is 0. The second-order valence-electron chi connectivity index (χ2n) is 0.354. The molecule has 6 nitrogen and oxygen atoms in total. The van der Waals surface area contributed by atoms with E-state index >= 15 is 0 Å². The van der Waals surface area contributed by atoms with Gasteiger partial charge in [0.1, 0.15) is 0 Å². The predicted molar refractivity (Wildman–Crippen MR) is 21.4 cm³/mol. The third kappa shape index (κ3) is 657. The van der Waals surface area contributed by atoms with Gasteiger partial charge in [0.05, 0.1) is 0 Å². The maximum Gasteiger partial charge on any atom is 3.00 e. The zero-order chi connectivity index (χ0) is 8.12. The molecule has 0 aliphatic carbocycles. The molecular weight excluding hydrogens is 331 g/mol. The topological polar surface area (TPSA) is 138 Å². The van der Waals surface area contributed by atoms with Gasteiger partial charge in [0.15, 0.2) is 0 Å². The van der Waals surface area contributed by atoms with Gasteiger partial charge in [0, 0.05) is 0 Å². The fourth-order valence-corrected chi connectivity index (χ4v) is 0. The van der Waals surface area contributed by atoms with Gasteiger partial charge in [-0.3, -0.25) is 0 Å². The van der Waals surface area contributed by atoms with Crippen LogP contribution in [0.2, 0.25) is 0 Å². The molecule has 0 amide bonds. The van der Waals surface area contributed by atoms with E-state index in [9.17, 15) is 0 Å². The summed E-state index contributed by atoms with van der Waals surface area (Å²) in [7, 11) is -3.75. The van der Waals surface area contributed by atoms with Gasteiger partial charge in [0.25, 0.3) is 0 Å². The van der Waals surface area contributed by atoms with Crippen molar-refractivity contribution in [3.8, 4) is 0 Å². The summed E-state index contributed by atoms with van der Waals surface area (Å²) in [6.07, 6.45) is 0. The molecule has 0 aliphatic rings. The Hall–Kier alpha value is 1.20. The minimum Gasteiger partial charge on any atom is -0.896 e. The fourth-order valence-electron chi connectivity index (χ4n) is 0. The van der Waals surface area contributed by atoms with E-state index in [2.05, 4.69) is 0 Å². The van der Waals surface area contributed by atoms with Crippen LogP contribution in [-0.4, -0.2) is 23.1 Å². The number of hydrogen-bond acceptors (Lipinski definition) is 6. The first-order valence-corrected chi connectivity index (χ1v) is 1.73. The molecule has 0 saturated carbocycles. The summed E-state index contributed by atoms with van der Waals surface area (Å²) >= 11 is 0. The van der Waals surface area contributed by atoms with Crippen LogP contribution in [0.5, 0.6) is 0 Å². The van der Waals surface area contributed by atoms with Crippen molar-refractivity contribution in [1.82, 2.24) is 0 Å². The second-order valence-corrected chi connectivity index (χ2v) is 0.354. The van der Waals surface area contributed by atoms with Crippen LogP contribution < -0.4 is 30.1 Å². The normalized spacial score (nSPS) is 3.82. The maximum atomic E-state index is 8.38. The molecule has 0 aromatic rings. The van der Waals surface area contributed by atoms with E-state index in [0.29, 0.717) is 0 Å². The van der Waals surface area contributed by atoms with Crippen LogP contribution in [0.25, 0.3) is 0 Å². The molecule has 11 heavy (non-hydrogen) atoms. The third-order valence-electron chi connectivity index (χ3n) is 0. The molecule has 0 unspecified atom stereocenters. The Bertz CT molecular complexity index is 20.5. The average Bonchev–Trinajstić information content (AvgIpc) is 1.70. The molecule has 64 valence electrons. The first-order valence-electron chi connectivity index (χ1n) is 1.73. The Morgan fingerprint density at radius 2 is 0.455 bits per heavy atom. The standard InChI is InChI=1S/3BHO2.2Ru/c3*2-1-3;;/h3*1H;;/q3*-2;2*+3. The summed E-state index contributed by atoms with van der Waals surface area (Å²) in [5.74, 6) is 0. The van der Waals surface area contributed by atoms with Crippen molar-refractivity contribution in [3.05, 3.63) is 0 Å². The van der Waals surface area contributed by atoms with Crippen molar-refractivity contribution >= 4 is 23.1 Å². The average molecular weight is 334 g/mol. The van der Waals surface area contributed by atoms with Gasteiger partial charge < -0.3 is 30.1 Å². The van der Waals surface area contributed by atoms with Crippen LogP contribution in [0.1, 0.15) is 0 Å². The molecule has 0 N–H and O–H groups in total. The number of rotatable bonds is 0. The monoisotopic (exact) mass is 336 g/mol. The van der Waals surface area contributed by atoms with Gasteiger partial charge in [-0.15, -0.1) is 23.1 Å². The van der Waals surface area contributed by atoms with E-state index in [1.807, 2.05) is 0 Å². The van der Waals surface area contributed by atoms with Crippen LogP contribution >= 0.6 is 0 Å². The Kier molecular flexibility index (Phi) is 177. The summed E-state index contributed by atoms with van der Waals surface area (Å²) < 4.78 is 0. The largest absolute Gasteiger partial charge is 3.00 e. The van der Waals surface area contributed by atoms with E-state index in [1.165, 1.54) is 0 Å². The molecule has 0 saturated heterocycles. The Morgan fingerprint density at radius 1 is 0.455 bits per heavy atom. The molecule has 0 heterocycles. The minimum absolute atomic E-state index is 0. The van der Waals surface area contributed by atoms with Crippen LogP contribution in [0, 0.1) is 0 Å². The van der Waals surface area contributed by atoms with Crippen molar-refractivity contribution in [2.45, 2.75) is 0 Å². The van der Waals surface area contributed by atoms with Gasteiger partial charge in [-0.05, 0) is 0 Å². The molecular formula is H3B3O6Ru2. The molecule has 0 rings (SSSR count). The molecule has 0 bridgehead atoms. The van der Waals surface area contributed by atoms with Gasteiger partial charge in [-0.2, -0.15) is 0 Å². The van der Waals surface area contributed by atoms with Crippen molar-refractivity contribution in [2.24, 2.45) is 0 Å². The van der Waals surface area contributed by atoms with Crippen molar-refractivity contribution < 1.29 is 69.1 Å². The Balaban J connectivity index is -0.0000000150. The van der Waals surface area contributed by atoms with Crippen LogP contribution in [0.3, 0.4) is 0 Å². The Morgan fingerprint density at radius 3 is 0.455 bits per heavy atom. The fraction of sp³-hybridized carbons (Fsp3) is 0. The smallest absolute Gasteiger partial charge is 0.896 e. The van der Waals surface area contributed by atoms with Gasteiger partial charge in [0.2, 0.25) is 0 Å². The molecule has 0 atom stereocenters. The molecule has 0 aromatic heterocycles. The zero-order valence-corrected chi connectivity index (χ0v) is 8.75. The summed E-state index contributed by atoms with van der Waals surface area (Å²) in [5, 5.41) is 50.2. The summed E-state index contributed by atoms with van der Waals surface area (Å²) in [5.41, 5.74) is 0. The zero-order valence-electron chi connectivity index (χ0n) is 5.28. The SMILES string of the molecule is [O-]B[O-].[O-]B[O-].[O-]B[O-].[Ru+3].[Ru+3]. The third-order valence-corrected chi connectivity index (χ3v) is 0. The molecule has 0 spiro atoms. The van der Waals surface area contributed by atoms with Crippen LogP contribution in [0.15, 0.2) is 0 Å². The second kappa shape index (κ2) is 66.0. The van der Waals surface area contributed by atoms with Crippen molar-refractivity contribution in [1.29, 1.82) is 0 Å². The van der Waals surface area contributed by atoms with E-state index in [-0.39, 0.29) is 39.0 Å². The summed E-state index contributed by atoms with van der Waals surface area (Å²) in [6.45, 7) is 0. The maximum absolute atomic E-state index is 8.38. The first kappa shape index (κ1) is 29.5. The minimum atomic E-state index is -1.25. The van der Waals surface area contributed by atoms with Crippen molar-refractivity contribution in [3.63, 3.8) is 0 Å². The van der Waals surface area contributed by atoms with E-state index in [0.717, 1.165) is 0 Å². The first-order chi connectivity index (χ1) is 4.24. The van der Waals surface area contributed by atoms with E-state index < -0.39 is 23.1 Å². The van der Waals surface area contributed by atoms with Crippen molar-refractivity contribution in [2.75, 3.05) is 0 Å². The predicted octanol–water partition coefficient (Wildman–Crippen LogP) is -9.08. The summed E-state index contributed by atoms with van der Waals surface area (Å²) in [4.78, 5) is 0. The van der Waals surface area contributed by atoms with Crippen LogP contribution in [-0.2, 0) is 39.0 Å². The van der Waals surface area contributed by atoms with Crippen LogP contribution in [0.4, 0.5) is 0 Å². The van der Waals surface area contributed by atoms with E-state index in [4.69, 9.17) is 30.1 Å². The number of hydrogen-bond donors (Lipinski definition) is 0. The molecule has 0 aromatic carbocycles. The quantitative estimate of drug-likeness (QED) is 0.403. The molecule has 0 fully saturated rings. The van der Waals surface area contributed by atoms with Gasteiger partial charge in [-0.1, -0.05) is 0 Å². The van der Waals surface area contributed by atoms with Gasteiger partial charge >= 0.3 is 39.0 Å².